The van der Waals surface area contributed by atoms with Gasteiger partial charge in [-0.25, -0.2) is 17.7 Å². The number of anilines is 1. The average Bonchev–Trinajstić information content (AvgIpc) is 2.38. The number of hydrogen-bond acceptors (Lipinski definition) is 6. The van der Waals surface area contributed by atoms with Gasteiger partial charge in [-0.3, -0.25) is 10.1 Å². The Morgan fingerprint density at radius 2 is 2.24 bits per heavy atom. The second kappa shape index (κ2) is 6.12. The molecule has 1 aliphatic heterocycles. The lowest BCUT2D eigenvalue weighted by Gasteiger charge is -2.38. The van der Waals surface area contributed by atoms with E-state index in [1.54, 1.807) is 6.92 Å². The zero-order valence-electron chi connectivity index (χ0n) is 11.3. The maximum Gasteiger partial charge on any atom is 0.289 e. The van der Waals surface area contributed by atoms with Crippen molar-refractivity contribution < 1.29 is 13.3 Å². The normalized spacial score (nSPS) is 16.5. The molecule has 0 radical (unpaired) electrons. The molecule has 1 saturated heterocycles. The SMILES string of the molecule is CCS(=O)(=O)N1CC(CNc2ncc([N+](=O)[O-])cc2Cl)C1. The van der Waals surface area contributed by atoms with Crippen LogP contribution in [0.3, 0.4) is 0 Å². The summed E-state index contributed by atoms with van der Waals surface area (Å²) in [5, 5.41) is 13.7. The highest BCUT2D eigenvalue weighted by molar-refractivity contribution is 7.89. The largest absolute Gasteiger partial charge is 0.368 e. The van der Waals surface area contributed by atoms with Gasteiger partial charge in [-0.2, -0.15) is 0 Å². The maximum absolute atomic E-state index is 11.6. The molecular weight excluding hydrogens is 320 g/mol. The van der Waals surface area contributed by atoms with E-state index in [-0.39, 0.29) is 22.4 Å². The van der Waals surface area contributed by atoms with Crippen LogP contribution in [0.5, 0.6) is 0 Å². The Morgan fingerprint density at radius 3 is 2.76 bits per heavy atom. The van der Waals surface area contributed by atoms with Crippen LogP contribution >= 0.6 is 11.6 Å². The van der Waals surface area contributed by atoms with Gasteiger partial charge in [-0.15, -0.1) is 0 Å². The fourth-order valence-electron chi connectivity index (χ4n) is 1.96. The summed E-state index contributed by atoms with van der Waals surface area (Å²) in [6.45, 7) is 3.06. The van der Waals surface area contributed by atoms with Gasteiger partial charge in [-0.1, -0.05) is 11.6 Å². The van der Waals surface area contributed by atoms with E-state index in [4.69, 9.17) is 11.6 Å². The Bertz CT molecular complexity index is 646. The van der Waals surface area contributed by atoms with Crippen LogP contribution < -0.4 is 5.32 Å². The van der Waals surface area contributed by atoms with Crippen molar-refractivity contribution in [3.63, 3.8) is 0 Å². The third-order valence-electron chi connectivity index (χ3n) is 3.28. The van der Waals surface area contributed by atoms with Gasteiger partial charge in [0.2, 0.25) is 10.0 Å². The Kier molecular flexibility index (Phi) is 4.64. The minimum Gasteiger partial charge on any atom is -0.368 e. The molecule has 1 N–H and O–H groups in total. The lowest BCUT2D eigenvalue weighted by molar-refractivity contribution is -0.385. The second-order valence-electron chi connectivity index (χ2n) is 4.75. The number of nitro groups is 1. The molecule has 0 aromatic carbocycles. The summed E-state index contributed by atoms with van der Waals surface area (Å²) in [5.74, 6) is 0.640. The lowest BCUT2D eigenvalue weighted by atomic mass is 10.0. The van der Waals surface area contributed by atoms with Crippen LogP contribution in [0.25, 0.3) is 0 Å². The molecule has 0 spiro atoms. The van der Waals surface area contributed by atoms with Gasteiger partial charge in [0.15, 0.2) is 0 Å². The quantitative estimate of drug-likeness (QED) is 0.621. The van der Waals surface area contributed by atoms with Gasteiger partial charge in [0, 0.05) is 31.6 Å². The van der Waals surface area contributed by atoms with E-state index in [0.29, 0.717) is 25.5 Å². The van der Waals surface area contributed by atoms with Crippen LogP contribution in [0, 0.1) is 16.0 Å². The van der Waals surface area contributed by atoms with Crippen molar-refractivity contribution in [2.24, 2.45) is 5.92 Å². The van der Waals surface area contributed by atoms with E-state index in [1.807, 2.05) is 0 Å². The van der Waals surface area contributed by atoms with Crippen LogP contribution in [-0.4, -0.2) is 48.0 Å². The maximum atomic E-state index is 11.6. The molecule has 8 nitrogen and oxygen atoms in total. The summed E-state index contributed by atoms with van der Waals surface area (Å²) >= 11 is 5.91. The molecule has 2 rings (SSSR count). The first kappa shape index (κ1) is 15.9. The minimum atomic E-state index is -3.11. The molecule has 1 fully saturated rings. The topological polar surface area (TPSA) is 105 Å². The number of pyridine rings is 1. The third-order valence-corrected chi connectivity index (χ3v) is 5.38. The number of aromatic nitrogens is 1. The van der Waals surface area contributed by atoms with Crippen LogP contribution in [0.2, 0.25) is 5.02 Å². The summed E-state index contributed by atoms with van der Waals surface area (Å²) in [6, 6.07) is 1.23. The number of nitrogens with one attached hydrogen (secondary N) is 1. The van der Waals surface area contributed by atoms with E-state index in [1.165, 1.54) is 10.4 Å². The molecular formula is C11H15ClN4O4S. The molecule has 0 aliphatic carbocycles. The van der Waals surface area contributed by atoms with Crippen molar-refractivity contribution in [2.45, 2.75) is 6.92 Å². The second-order valence-corrected chi connectivity index (χ2v) is 7.41. The van der Waals surface area contributed by atoms with Crippen molar-refractivity contribution in [1.29, 1.82) is 0 Å². The van der Waals surface area contributed by atoms with Crippen molar-refractivity contribution in [3.05, 3.63) is 27.4 Å². The first-order valence-corrected chi connectivity index (χ1v) is 8.34. The smallest absolute Gasteiger partial charge is 0.289 e. The van der Waals surface area contributed by atoms with Crippen molar-refractivity contribution >= 4 is 33.1 Å². The Labute approximate surface area is 127 Å². The molecule has 1 aliphatic rings. The standard InChI is InChI=1S/C11H15ClN4O4S/c1-2-21(19,20)15-6-8(7-15)4-13-11-10(12)3-9(5-14-11)16(17)18/h3,5,8H,2,4,6-7H2,1H3,(H,13,14). The van der Waals surface area contributed by atoms with Gasteiger partial charge in [-0.05, 0) is 6.92 Å². The third kappa shape index (κ3) is 3.60. The number of sulfonamides is 1. The fraction of sp³-hybridized carbons (Fsp3) is 0.545. The Balaban J connectivity index is 1.87. The summed E-state index contributed by atoms with van der Waals surface area (Å²) in [7, 11) is -3.11. The number of rotatable bonds is 6. The zero-order chi connectivity index (χ0) is 15.6. The van der Waals surface area contributed by atoms with Gasteiger partial charge >= 0.3 is 0 Å². The first-order chi connectivity index (χ1) is 9.83. The van der Waals surface area contributed by atoms with Crippen molar-refractivity contribution in [3.8, 4) is 0 Å². The number of halogens is 1. The highest BCUT2D eigenvalue weighted by Gasteiger charge is 2.34. The van der Waals surface area contributed by atoms with Crippen LogP contribution in [0.15, 0.2) is 12.3 Å². The predicted molar refractivity (Wildman–Crippen MR) is 78.9 cm³/mol. The zero-order valence-corrected chi connectivity index (χ0v) is 12.9. The Hall–Kier alpha value is -1.45. The van der Waals surface area contributed by atoms with Gasteiger partial charge < -0.3 is 5.32 Å². The molecule has 0 amide bonds. The average molecular weight is 335 g/mol. The van der Waals surface area contributed by atoms with E-state index in [0.717, 1.165) is 6.20 Å². The van der Waals surface area contributed by atoms with Gasteiger partial charge in [0.1, 0.15) is 12.0 Å². The molecule has 1 aromatic heterocycles. The summed E-state index contributed by atoms with van der Waals surface area (Å²) < 4.78 is 24.6. The molecule has 0 saturated carbocycles. The van der Waals surface area contributed by atoms with E-state index in [2.05, 4.69) is 10.3 Å². The van der Waals surface area contributed by atoms with Crippen LogP contribution in [0.1, 0.15) is 6.92 Å². The first-order valence-electron chi connectivity index (χ1n) is 6.35. The Morgan fingerprint density at radius 1 is 1.57 bits per heavy atom. The molecule has 0 atom stereocenters. The molecule has 0 bridgehead atoms. The van der Waals surface area contributed by atoms with Gasteiger partial charge in [0.05, 0.1) is 15.7 Å². The van der Waals surface area contributed by atoms with Crippen molar-refractivity contribution in [2.75, 3.05) is 30.7 Å². The van der Waals surface area contributed by atoms with E-state index >= 15 is 0 Å². The highest BCUT2D eigenvalue weighted by Crippen LogP contribution is 2.25. The summed E-state index contributed by atoms with van der Waals surface area (Å²) in [5.41, 5.74) is -0.172. The molecule has 1 aromatic rings. The fourth-order valence-corrected chi connectivity index (χ4v) is 3.43. The van der Waals surface area contributed by atoms with Crippen molar-refractivity contribution in [1.82, 2.24) is 9.29 Å². The van der Waals surface area contributed by atoms with Crippen LogP contribution in [0.4, 0.5) is 11.5 Å². The molecule has 2 heterocycles. The summed E-state index contributed by atoms with van der Waals surface area (Å²) in [4.78, 5) is 13.9. The highest BCUT2D eigenvalue weighted by atomic mass is 35.5. The predicted octanol–water partition coefficient (Wildman–Crippen LogP) is 1.34. The van der Waals surface area contributed by atoms with E-state index < -0.39 is 14.9 Å². The van der Waals surface area contributed by atoms with Crippen LogP contribution in [-0.2, 0) is 10.0 Å². The minimum absolute atomic E-state index is 0.100. The molecule has 10 heteroatoms. The van der Waals surface area contributed by atoms with E-state index in [9.17, 15) is 18.5 Å². The molecule has 116 valence electrons. The lowest BCUT2D eigenvalue weighted by Crippen LogP contribution is -2.52. The molecule has 21 heavy (non-hydrogen) atoms. The number of hydrogen-bond donors (Lipinski definition) is 1. The molecule has 0 unspecified atom stereocenters. The van der Waals surface area contributed by atoms with Gasteiger partial charge in [0.25, 0.3) is 5.69 Å². The monoisotopic (exact) mass is 334 g/mol. The summed E-state index contributed by atoms with van der Waals surface area (Å²) in [6.07, 6.45) is 1.13. The number of nitrogens with zero attached hydrogens (tertiary/aromatic N) is 3.